The van der Waals surface area contributed by atoms with E-state index in [9.17, 15) is 10.2 Å². The van der Waals surface area contributed by atoms with Crippen molar-refractivity contribution >= 4 is 0 Å². The maximum atomic E-state index is 9.33. The van der Waals surface area contributed by atoms with Crippen LogP contribution in [0.15, 0.2) is 0 Å². The lowest BCUT2D eigenvalue weighted by Crippen LogP contribution is -2.58. The highest BCUT2D eigenvalue weighted by Gasteiger charge is 2.42. The van der Waals surface area contributed by atoms with Crippen LogP contribution < -0.4 is 0 Å². The van der Waals surface area contributed by atoms with E-state index in [1.54, 1.807) is 0 Å². The van der Waals surface area contributed by atoms with Gasteiger partial charge in [0.1, 0.15) is 24.4 Å². The van der Waals surface area contributed by atoms with Gasteiger partial charge in [0.2, 0.25) is 0 Å². The van der Waals surface area contributed by atoms with Crippen LogP contribution in [0.4, 0.5) is 0 Å². The predicted octanol–water partition coefficient (Wildman–Crippen LogP) is -2.57. The summed E-state index contributed by atoms with van der Waals surface area (Å²) in [6, 6.07) is 0. The molecule has 0 spiro atoms. The second-order valence-electron chi connectivity index (χ2n) is 2.99. The van der Waals surface area contributed by atoms with E-state index in [1.165, 1.54) is 7.11 Å². The van der Waals surface area contributed by atoms with Crippen molar-refractivity contribution in [3.63, 3.8) is 0 Å². The summed E-state index contributed by atoms with van der Waals surface area (Å²) >= 11 is 0. The quantitative estimate of drug-likeness (QED) is 0.386. The largest absolute Gasteiger partial charge is 0.387 e. The topological polar surface area (TPSA) is 99.4 Å². The fourth-order valence-electron chi connectivity index (χ4n) is 1.23. The van der Waals surface area contributed by atoms with E-state index in [0.29, 0.717) is 0 Å². The molecule has 0 aliphatic carbocycles. The molecular formula is C7H14O6. The van der Waals surface area contributed by atoms with Gasteiger partial charge >= 0.3 is 0 Å². The van der Waals surface area contributed by atoms with Gasteiger partial charge in [-0.05, 0) is 0 Å². The highest BCUT2D eigenvalue weighted by Crippen LogP contribution is 2.19. The minimum atomic E-state index is -1.49. The average molecular weight is 194 g/mol. The third kappa shape index (κ3) is 2.16. The van der Waals surface area contributed by atoms with Crippen LogP contribution in [-0.2, 0) is 9.47 Å². The molecule has 0 aromatic carbocycles. The lowest BCUT2D eigenvalue weighted by molar-refractivity contribution is -0.287. The highest BCUT2D eigenvalue weighted by molar-refractivity contribution is 4.88. The van der Waals surface area contributed by atoms with Crippen molar-refractivity contribution in [2.75, 3.05) is 13.7 Å². The van der Waals surface area contributed by atoms with Crippen molar-refractivity contribution in [3.8, 4) is 0 Å². The molecular weight excluding hydrogens is 180 g/mol. The van der Waals surface area contributed by atoms with Crippen LogP contribution in [0, 0.1) is 0 Å². The van der Waals surface area contributed by atoms with E-state index < -0.39 is 30.7 Å². The van der Waals surface area contributed by atoms with E-state index in [-0.39, 0.29) is 6.61 Å². The first-order valence-electron chi connectivity index (χ1n) is 3.94. The molecule has 1 heterocycles. The fraction of sp³-hybridized carbons (Fsp3) is 1.00. The molecule has 13 heavy (non-hydrogen) atoms. The Bertz CT molecular complexity index is 163. The predicted molar refractivity (Wildman–Crippen MR) is 40.8 cm³/mol. The van der Waals surface area contributed by atoms with Crippen LogP contribution in [-0.4, -0.2) is 64.8 Å². The molecule has 6 heteroatoms. The van der Waals surface area contributed by atoms with Gasteiger partial charge in [-0.1, -0.05) is 0 Å². The highest BCUT2D eigenvalue weighted by atomic mass is 16.6. The van der Waals surface area contributed by atoms with Crippen molar-refractivity contribution in [1.82, 2.24) is 0 Å². The monoisotopic (exact) mass is 194 g/mol. The van der Waals surface area contributed by atoms with E-state index in [4.69, 9.17) is 19.7 Å². The molecule has 1 unspecified atom stereocenters. The smallest absolute Gasteiger partial charge is 0.184 e. The molecule has 78 valence electrons. The number of aliphatic hydroxyl groups excluding tert-OH is 4. The molecule has 0 radical (unpaired) electrons. The molecule has 6 nitrogen and oxygen atoms in total. The lowest BCUT2D eigenvalue weighted by Gasteiger charge is -2.37. The SMILES string of the molecule is COC[C@@H]1OC(O)[C@@H](O)[C@H](O)[C@H]1O. The first-order valence-corrected chi connectivity index (χ1v) is 3.94. The van der Waals surface area contributed by atoms with Gasteiger partial charge in [0.15, 0.2) is 6.29 Å². The zero-order valence-corrected chi connectivity index (χ0v) is 7.20. The Morgan fingerprint density at radius 3 is 2.23 bits per heavy atom. The Hall–Kier alpha value is -0.240. The third-order valence-electron chi connectivity index (χ3n) is 2.02. The van der Waals surface area contributed by atoms with Crippen LogP contribution >= 0.6 is 0 Å². The molecule has 1 fully saturated rings. The number of rotatable bonds is 2. The normalized spacial score (nSPS) is 46.4. The summed E-state index contributed by atoms with van der Waals surface area (Å²) in [4.78, 5) is 0. The van der Waals surface area contributed by atoms with Gasteiger partial charge in [0.05, 0.1) is 6.61 Å². The first kappa shape index (κ1) is 10.8. The first-order chi connectivity index (χ1) is 6.07. The number of aliphatic hydroxyl groups is 4. The van der Waals surface area contributed by atoms with Crippen molar-refractivity contribution in [2.45, 2.75) is 30.7 Å². The standard InChI is InChI=1S/C7H14O6/c1-12-2-3-4(8)5(9)6(10)7(11)13-3/h3-11H,2H2,1H3/t3-,4-,5+,6-,7?/m0/s1. The molecule has 5 atom stereocenters. The summed E-state index contributed by atoms with van der Waals surface area (Å²) in [5.41, 5.74) is 0. The van der Waals surface area contributed by atoms with Crippen molar-refractivity contribution in [1.29, 1.82) is 0 Å². The summed E-state index contributed by atoms with van der Waals surface area (Å²) < 4.78 is 9.49. The maximum absolute atomic E-state index is 9.33. The van der Waals surface area contributed by atoms with E-state index >= 15 is 0 Å². The molecule has 1 aliphatic heterocycles. The summed E-state index contributed by atoms with van der Waals surface area (Å²) in [7, 11) is 1.40. The minimum absolute atomic E-state index is 0.0437. The van der Waals surface area contributed by atoms with E-state index in [1.807, 2.05) is 0 Å². The zero-order chi connectivity index (χ0) is 10.0. The summed E-state index contributed by atoms with van der Waals surface area (Å²) in [6.45, 7) is 0.0437. The van der Waals surface area contributed by atoms with Crippen LogP contribution in [0.2, 0.25) is 0 Å². The van der Waals surface area contributed by atoms with Gasteiger partial charge in [-0.2, -0.15) is 0 Å². The molecule has 1 aliphatic rings. The van der Waals surface area contributed by atoms with Crippen LogP contribution in [0.3, 0.4) is 0 Å². The molecule has 0 saturated carbocycles. The molecule has 1 rings (SSSR count). The van der Waals surface area contributed by atoms with E-state index in [0.717, 1.165) is 0 Å². The summed E-state index contributed by atoms with van der Waals surface area (Å²) in [5.74, 6) is 0. The van der Waals surface area contributed by atoms with Crippen LogP contribution in [0.5, 0.6) is 0 Å². The average Bonchev–Trinajstić information content (AvgIpc) is 2.11. The second-order valence-corrected chi connectivity index (χ2v) is 2.99. The molecule has 0 bridgehead atoms. The van der Waals surface area contributed by atoms with Crippen molar-refractivity contribution in [3.05, 3.63) is 0 Å². The zero-order valence-electron chi connectivity index (χ0n) is 7.20. The molecule has 1 saturated heterocycles. The van der Waals surface area contributed by atoms with Crippen molar-refractivity contribution in [2.24, 2.45) is 0 Å². The Kier molecular flexibility index (Phi) is 3.60. The van der Waals surface area contributed by atoms with E-state index in [2.05, 4.69) is 0 Å². The Morgan fingerprint density at radius 1 is 1.08 bits per heavy atom. The Balaban J connectivity index is 2.59. The number of hydrogen-bond donors (Lipinski definition) is 4. The van der Waals surface area contributed by atoms with Gasteiger partial charge in [-0.3, -0.25) is 0 Å². The van der Waals surface area contributed by atoms with Crippen molar-refractivity contribution < 1.29 is 29.9 Å². The van der Waals surface area contributed by atoms with Gasteiger partial charge in [0.25, 0.3) is 0 Å². The number of methoxy groups -OCH3 is 1. The maximum Gasteiger partial charge on any atom is 0.184 e. The molecule has 4 N–H and O–H groups in total. The Labute approximate surface area is 75.3 Å². The lowest BCUT2D eigenvalue weighted by atomic mass is 9.99. The molecule has 0 amide bonds. The van der Waals surface area contributed by atoms with Crippen LogP contribution in [0.1, 0.15) is 0 Å². The van der Waals surface area contributed by atoms with Gasteiger partial charge in [-0.25, -0.2) is 0 Å². The van der Waals surface area contributed by atoms with Crippen LogP contribution in [0.25, 0.3) is 0 Å². The van der Waals surface area contributed by atoms with Gasteiger partial charge in [-0.15, -0.1) is 0 Å². The minimum Gasteiger partial charge on any atom is -0.387 e. The molecule has 0 aromatic heterocycles. The summed E-state index contributed by atoms with van der Waals surface area (Å²) in [5, 5.41) is 36.7. The molecule has 0 aromatic rings. The van der Waals surface area contributed by atoms with Gasteiger partial charge in [0, 0.05) is 7.11 Å². The number of hydrogen-bond acceptors (Lipinski definition) is 6. The Morgan fingerprint density at radius 2 is 1.69 bits per heavy atom. The second kappa shape index (κ2) is 4.32. The fourth-order valence-corrected chi connectivity index (χ4v) is 1.23. The number of ether oxygens (including phenoxy) is 2. The third-order valence-corrected chi connectivity index (χ3v) is 2.02. The van der Waals surface area contributed by atoms with Gasteiger partial charge < -0.3 is 29.9 Å². The summed E-state index contributed by atoms with van der Waals surface area (Å²) in [6.07, 6.45) is -6.46.